The first-order chi connectivity index (χ1) is 9.81. The van der Waals surface area contributed by atoms with Gasteiger partial charge in [-0.25, -0.2) is 0 Å². The van der Waals surface area contributed by atoms with Gasteiger partial charge in [0.25, 0.3) is 5.91 Å². The average Bonchev–Trinajstić information content (AvgIpc) is 2.52. The van der Waals surface area contributed by atoms with Crippen LogP contribution >= 0.6 is 0 Å². The monoisotopic (exact) mass is 277 g/mol. The van der Waals surface area contributed by atoms with Gasteiger partial charge in [0.1, 0.15) is 0 Å². The van der Waals surface area contributed by atoms with Gasteiger partial charge in [-0.15, -0.1) is 0 Å². The van der Waals surface area contributed by atoms with Gasteiger partial charge in [-0.1, -0.05) is 6.92 Å². The summed E-state index contributed by atoms with van der Waals surface area (Å²) in [5.74, 6) is -0.0918. The van der Waals surface area contributed by atoms with Crippen molar-refractivity contribution < 1.29 is 9.53 Å². The molecule has 1 unspecified atom stereocenters. The summed E-state index contributed by atoms with van der Waals surface area (Å²) < 4.78 is 5.61. The van der Waals surface area contributed by atoms with Gasteiger partial charge in [0, 0.05) is 32.1 Å². The Balaban J connectivity index is 1.90. The molecule has 2 heterocycles. The van der Waals surface area contributed by atoms with Gasteiger partial charge < -0.3 is 15.4 Å². The van der Waals surface area contributed by atoms with Gasteiger partial charge in [-0.2, -0.15) is 0 Å². The molecule has 2 N–H and O–H groups in total. The number of hydrogen-bond acceptors (Lipinski definition) is 4. The first-order valence-corrected chi connectivity index (χ1v) is 7.39. The number of rotatable bonds is 6. The molecule has 1 atom stereocenters. The van der Waals surface area contributed by atoms with Crippen molar-refractivity contribution in [2.45, 2.75) is 38.7 Å². The van der Waals surface area contributed by atoms with E-state index in [2.05, 4.69) is 22.5 Å². The third kappa shape index (κ3) is 4.20. The van der Waals surface area contributed by atoms with Gasteiger partial charge in [-0.3, -0.25) is 9.78 Å². The fourth-order valence-electron chi connectivity index (χ4n) is 2.26. The highest BCUT2D eigenvalue weighted by Gasteiger charge is 2.16. The van der Waals surface area contributed by atoms with Crippen molar-refractivity contribution >= 4 is 11.6 Å². The number of aromatic nitrogens is 1. The molecule has 0 aromatic carbocycles. The van der Waals surface area contributed by atoms with Gasteiger partial charge >= 0.3 is 0 Å². The van der Waals surface area contributed by atoms with Crippen LogP contribution in [0.25, 0.3) is 0 Å². The van der Waals surface area contributed by atoms with E-state index in [1.807, 2.05) is 6.07 Å². The van der Waals surface area contributed by atoms with Crippen molar-refractivity contribution in [3.63, 3.8) is 0 Å². The number of ether oxygens (including phenoxy) is 1. The van der Waals surface area contributed by atoms with Crippen LogP contribution in [0.5, 0.6) is 0 Å². The molecule has 1 saturated heterocycles. The minimum atomic E-state index is -0.0918. The van der Waals surface area contributed by atoms with Gasteiger partial charge in [-0.05, 0) is 31.7 Å². The molecule has 20 heavy (non-hydrogen) atoms. The Bertz CT molecular complexity index is 431. The van der Waals surface area contributed by atoms with E-state index >= 15 is 0 Å². The maximum atomic E-state index is 12.2. The maximum absolute atomic E-state index is 12.2. The molecule has 0 saturated carbocycles. The molecule has 5 heteroatoms. The minimum absolute atomic E-state index is 0.0918. The lowest BCUT2D eigenvalue weighted by Crippen LogP contribution is -2.35. The van der Waals surface area contributed by atoms with E-state index in [-0.39, 0.29) is 12.0 Å². The Morgan fingerprint density at radius 3 is 3.15 bits per heavy atom. The van der Waals surface area contributed by atoms with Crippen LogP contribution in [0, 0.1) is 0 Å². The zero-order valence-corrected chi connectivity index (χ0v) is 12.0. The smallest absolute Gasteiger partial charge is 0.255 e. The number of amides is 1. The number of carbonyl (C=O) groups is 1. The van der Waals surface area contributed by atoms with E-state index in [0.29, 0.717) is 12.1 Å². The van der Waals surface area contributed by atoms with Crippen molar-refractivity contribution in [1.29, 1.82) is 0 Å². The topological polar surface area (TPSA) is 63.2 Å². The van der Waals surface area contributed by atoms with E-state index in [4.69, 9.17) is 4.74 Å². The predicted octanol–water partition coefficient (Wildman–Crippen LogP) is 2.20. The largest absolute Gasteiger partial charge is 0.384 e. The summed E-state index contributed by atoms with van der Waals surface area (Å²) >= 11 is 0. The molecule has 1 aliphatic heterocycles. The summed E-state index contributed by atoms with van der Waals surface area (Å²) in [6, 6.07) is 1.84. The quantitative estimate of drug-likeness (QED) is 0.836. The highest BCUT2D eigenvalue weighted by atomic mass is 16.5. The second-order valence-electron chi connectivity index (χ2n) is 5.05. The number of nitrogens with zero attached hydrogens (tertiary/aromatic N) is 1. The van der Waals surface area contributed by atoms with Gasteiger partial charge in [0.15, 0.2) is 0 Å². The molecule has 1 aromatic rings. The molecule has 1 fully saturated rings. The Morgan fingerprint density at radius 1 is 1.50 bits per heavy atom. The second kappa shape index (κ2) is 7.85. The van der Waals surface area contributed by atoms with Crippen LogP contribution in [0.4, 0.5) is 5.69 Å². The van der Waals surface area contributed by atoms with E-state index in [1.54, 1.807) is 12.4 Å². The second-order valence-corrected chi connectivity index (χ2v) is 5.05. The SMILES string of the molecule is CCCNc1ccncc1C(=O)NCC1CCCCO1. The summed E-state index contributed by atoms with van der Waals surface area (Å²) in [5, 5.41) is 6.19. The Kier molecular flexibility index (Phi) is 5.80. The Hall–Kier alpha value is -1.62. The highest BCUT2D eigenvalue weighted by molar-refractivity contribution is 5.99. The lowest BCUT2D eigenvalue weighted by atomic mass is 10.1. The van der Waals surface area contributed by atoms with Crippen LogP contribution in [0.1, 0.15) is 43.0 Å². The summed E-state index contributed by atoms with van der Waals surface area (Å²) in [4.78, 5) is 16.3. The molecule has 1 amide bonds. The molecule has 0 radical (unpaired) electrons. The van der Waals surface area contributed by atoms with Crippen molar-refractivity contribution in [2.75, 3.05) is 25.0 Å². The van der Waals surface area contributed by atoms with Crippen LogP contribution in [0.2, 0.25) is 0 Å². The Labute approximate surface area is 120 Å². The van der Waals surface area contributed by atoms with E-state index in [0.717, 1.165) is 38.1 Å². The summed E-state index contributed by atoms with van der Waals surface area (Å²) in [6.45, 7) is 4.31. The normalized spacial score (nSPS) is 18.6. The first kappa shape index (κ1) is 14.8. The zero-order chi connectivity index (χ0) is 14.2. The molecule has 0 spiro atoms. The maximum Gasteiger partial charge on any atom is 0.255 e. The molecule has 1 aromatic heterocycles. The number of pyridine rings is 1. The highest BCUT2D eigenvalue weighted by Crippen LogP contribution is 2.15. The lowest BCUT2D eigenvalue weighted by Gasteiger charge is -2.23. The molecule has 1 aliphatic rings. The molecule has 110 valence electrons. The van der Waals surface area contributed by atoms with Gasteiger partial charge in [0.05, 0.1) is 17.4 Å². The standard InChI is InChI=1S/C15H23N3O2/c1-2-7-17-14-6-8-16-11-13(14)15(19)18-10-12-5-3-4-9-20-12/h6,8,11-12H,2-5,7,9-10H2,1H3,(H,16,17)(H,18,19). The van der Waals surface area contributed by atoms with Crippen molar-refractivity contribution in [3.05, 3.63) is 24.0 Å². The lowest BCUT2D eigenvalue weighted by molar-refractivity contribution is 0.0169. The number of anilines is 1. The third-order valence-corrected chi connectivity index (χ3v) is 3.40. The van der Waals surface area contributed by atoms with E-state index in [9.17, 15) is 4.79 Å². The van der Waals surface area contributed by atoms with Crippen molar-refractivity contribution in [3.8, 4) is 0 Å². The van der Waals surface area contributed by atoms with Crippen molar-refractivity contribution in [2.24, 2.45) is 0 Å². The fraction of sp³-hybridized carbons (Fsp3) is 0.600. The first-order valence-electron chi connectivity index (χ1n) is 7.39. The van der Waals surface area contributed by atoms with Crippen LogP contribution in [0.15, 0.2) is 18.5 Å². The van der Waals surface area contributed by atoms with Crippen molar-refractivity contribution in [1.82, 2.24) is 10.3 Å². The predicted molar refractivity (Wildman–Crippen MR) is 78.9 cm³/mol. The van der Waals surface area contributed by atoms with Crippen LogP contribution in [0.3, 0.4) is 0 Å². The summed E-state index contributed by atoms with van der Waals surface area (Å²) in [6.07, 6.45) is 7.78. The average molecular weight is 277 g/mol. The summed E-state index contributed by atoms with van der Waals surface area (Å²) in [7, 11) is 0. The van der Waals surface area contributed by atoms with E-state index < -0.39 is 0 Å². The van der Waals surface area contributed by atoms with Crippen LogP contribution in [-0.2, 0) is 4.74 Å². The minimum Gasteiger partial charge on any atom is -0.384 e. The fourth-order valence-corrected chi connectivity index (χ4v) is 2.26. The molecular weight excluding hydrogens is 254 g/mol. The molecular formula is C15H23N3O2. The van der Waals surface area contributed by atoms with Gasteiger partial charge in [0.2, 0.25) is 0 Å². The molecule has 0 bridgehead atoms. The molecule has 5 nitrogen and oxygen atoms in total. The zero-order valence-electron chi connectivity index (χ0n) is 12.0. The van der Waals surface area contributed by atoms with Crippen LogP contribution < -0.4 is 10.6 Å². The third-order valence-electron chi connectivity index (χ3n) is 3.40. The number of hydrogen-bond donors (Lipinski definition) is 2. The molecule has 0 aliphatic carbocycles. The summed E-state index contributed by atoms with van der Waals surface area (Å²) in [5.41, 5.74) is 1.43. The van der Waals surface area contributed by atoms with E-state index in [1.165, 1.54) is 6.42 Å². The van der Waals surface area contributed by atoms with Crippen LogP contribution in [-0.4, -0.2) is 36.7 Å². The molecule has 2 rings (SSSR count). The Morgan fingerprint density at radius 2 is 2.40 bits per heavy atom. The number of nitrogens with one attached hydrogen (secondary N) is 2. The number of carbonyl (C=O) groups excluding carboxylic acids is 1.